The number of halogens is 4. The maximum Gasteiger partial charge on any atom is 0.406 e. The van der Waals surface area contributed by atoms with Crippen molar-refractivity contribution in [3.05, 3.63) is 21.3 Å². The van der Waals surface area contributed by atoms with Crippen molar-refractivity contribution in [2.75, 3.05) is 13.1 Å². The molecule has 0 radical (unpaired) electrons. The lowest BCUT2D eigenvalue weighted by atomic mass is 10.2. The van der Waals surface area contributed by atoms with Crippen molar-refractivity contribution in [1.29, 1.82) is 0 Å². The average molecular weight is 300 g/mol. The molecule has 2 nitrogen and oxygen atoms in total. The fraction of sp³-hybridized carbons (Fsp3) is 0.545. The van der Waals surface area contributed by atoms with E-state index in [1.54, 1.807) is 12.1 Å². The molecule has 0 aliphatic carbocycles. The Labute approximate surface area is 112 Å². The number of nitrogens with zero attached hydrogens (tertiary/aromatic N) is 1. The van der Waals surface area contributed by atoms with Crippen molar-refractivity contribution < 1.29 is 18.0 Å². The standard InChI is InChI=1S/C11H13ClF3NOS/c1-2-16(7-11(13,14)15)10(17)6-4-8-3-5-9(12)18-8/h3,5H,2,4,6-7H2,1H3. The summed E-state index contributed by atoms with van der Waals surface area (Å²) in [5.41, 5.74) is 0. The molecule has 0 saturated heterocycles. The first-order chi connectivity index (χ1) is 8.31. The smallest absolute Gasteiger partial charge is 0.334 e. The summed E-state index contributed by atoms with van der Waals surface area (Å²) in [4.78, 5) is 13.3. The van der Waals surface area contributed by atoms with E-state index >= 15 is 0 Å². The van der Waals surface area contributed by atoms with E-state index in [0.29, 0.717) is 10.8 Å². The Hall–Kier alpha value is -0.750. The van der Waals surface area contributed by atoms with Crippen LogP contribution in [0.2, 0.25) is 4.34 Å². The van der Waals surface area contributed by atoms with Crippen LogP contribution >= 0.6 is 22.9 Å². The monoisotopic (exact) mass is 299 g/mol. The van der Waals surface area contributed by atoms with Gasteiger partial charge in [-0.1, -0.05) is 11.6 Å². The number of carbonyl (C=O) groups is 1. The minimum atomic E-state index is -4.35. The molecule has 0 N–H and O–H groups in total. The van der Waals surface area contributed by atoms with Crippen LogP contribution in [0.1, 0.15) is 18.2 Å². The molecule has 1 amide bonds. The summed E-state index contributed by atoms with van der Waals surface area (Å²) in [5.74, 6) is -0.487. The van der Waals surface area contributed by atoms with Gasteiger partial charge < -0.3 is 4.90 Å². The molecule has 0 fully saturated rings. The number of hydrogen-bond donors (Lipinski definition) is 0. The van der Waals surface area contributed by atoms with Gasteiger partial charge in [-0.25, -0.2) is 0 Å². The highest BCUT2D eigenvalue weighted by atomic mass is 35.5. The Kier molecular flexibility index (Phi) is 5.47. The van der Waals surface area contributed by atoms with Gasteiger partial charge in [-0.15, -0.1) is 11.3 Å². The third-order valence-corrected chi connectivity index (χ3v) is 3.61. The maximum atomic E-state index is 12.2. The predicted octanol–water partition coefficient (Wildman–Crippen LogP) is 3.74. The quantitative estimate of drug-likeness (QED) is 0.811. The average Bonchev–Trinajstić information content (AvgIpc) is 2.67. The lowest BCUT2D eigenvalue weighted by Gasteiger charge is -2.22. The number of alkyl halides is 3. The van der Waals surface area contributed by atoms with E-state index in [1.807, 2.05) is 0 Å². The van der Waals surface area contributed by atoms with E-state index in [4.69, 9.17) is 11.6 Å². The zero-order chi connectivity index (χ0) is 13.8. The van der Waals surface area contributed by atoms with E-state index in [-0.39, 0.29) is 13.0 Å². The van der Waals surface area contributed by atoms with E-state index in [9.17, 15) is 18.0 Å². The lowest BCUT2D eigenvalue weighted by molar-refractivity contribution is -0.160. The molecule has 0 atom stereocenters. The van der Waals surface area contributed by atoms with Gasteiger partial charge in [0.25, 0.3) is 0 Å². The lowest BCUT2D eigenvalue weighted by Crippen LogP contribution is -2.38. The van der Waals surface area contributed by atoms with Crippen molar-refractivity contribution in [2.24, 2.45) is 0 Å². The third-order valence-electron chi connectivity index (χ3n) is 2.32. The highest BCUT2D eigenvalue weighted by molar-refractivity contribution is 7.16. The van der Waals surface area contributed by atoms with Gasteiger partial charge in [0.1, 0.15) is 6.54 Å². The van der Waals surface area contributed by atoms with Crippen LogP contribution in [0.5, 0.6) is 0 Å². The molecule has 0 unspecified atom stereocenters. The van der Waals surface area contributed by atoms with Gasteiger partial charge in [0.2, 0.25) is 5.91 Å². The molecule has 1 aromatic heterocycles. The number of aryl methyl sites for hydroxylation is 1. The first kappa shape index (κ1) is 15.3. The topological polar surface area (TPSA) is 20.3 Å². The van der Waals surface area contributed by atoms with E-state index < -0.39 is 18.6 Å². The molecular formula is C11H13ClF3NOS. The molecular weight excluding hydrogens is 287 g/mol. The van der Waals surface area contributed by atoms with Crippen molar-refractivity contribution in [3.8, 4) is 0 Å². The maximum absolute atomic E-state index is 12.2. The molecule has 7 heteroatoms. The fourth-order valence-corrected chi connectivity index (χ4v) is 2.55. The highest BCUT2D eigenvalue weighted by Gasteiger charge is 2.32. The van der Waals surface area contributed by atoms with Gasteiger partial charge in [-0.2, -0.15) is 13.2 Å². The molecule has 1 heterocycles. The van der Waals surface area contributed by atoms with Gasteiger partial charge in [-0.05, 0) is 25.5 Å². The third kappa shape index (κ3) is 5.27. The second-order valence-electron chi connectivity index (χ2n) is 3.73. The molecule has 0 bridgehead atoms. The number of amides is 1. The summed E-state index contributed by atoms with van der Waals surface area (Å²) in [6.45, 7) is 0.405. The molecule has 0 saturated carbocycles. The Morgan fingerprint density at radius 3 is 2.56 bits per heavy atom. The van der Waals surface area contributed by atoms with E-state index in [2.05, 4.69) is 0 Å². The highest BCUT2D eigenvalue weighted by Crippen LogP contribution is 2.23. The summed E-state index contributed by atoms with van der Waals surface area (Å²) in [6.07, 6.45) is -3.86. The van der Waals surface area contributed by atoms with Crippen LogP contribution in [0.4, 0.5) is 13.2 Å². The second kappa shape index (κ2) is 6.43. The number of thiophene rings is 1. The summed E-state index contributed by atoms with van der Waals surface area (Å²) < 4.78 is 37.2. The van der Waals surface area contributed by atoms with Crippen LogP contribution in [0.3, 0.4) is 0 Å². The Balaban J connectivity index is 2.47. The normalized spacial score (nSPS) is 11.6. The molecule has 0 aliphatic heterocycles. The van der Waals surface area contributed by atoms with E-state index in [1.165, 1.54) is 18.3 Å². The van der Waals surface area contributed by atoms with E-state index in [0.717, 1.165) is 9.78 Å². The SMILES string of the molecule is CCN(CC(F)(F)F)C(=O)CCc1ccc(Cl)s1. The van der Waals surface area contributed by atoms with Gasteiger partial charge in [0.05, 0.1) is 4.34 Å². The van der Waals surface area contributed by atoms with Crippen LogP contribution in [0.15, 0.2) is 12.1 Å². The molecule has 102 valence electrons. The Bertz CT molecular complexity index is 405. The molecule has 1 aromatic rings. The molecule has 0 aromatic carbocycles. The van der Waals surface area contributed by atoms with Gasteiger partial charge in [0.15, 0.2) is 0 Å². The molecule has 1 rings (SSSR count). The summed E-state index contributed by atoms with van der Waals surface area (Å²) in [5, 5.41) is 0. The number of hydrogen-bond acceptors (Lipinski definition) is 2. The second-order valence-corrected chi connectivity index (χ2v) is 5.53. The predicted molar refractivity (Wildman–Crippen MR) is 66.0 cm³/mol. The van der Waals surface area contributed by atoms with Gasteiger partial charge >= 0.3 is 6.18 Å². The van der Waals surface area contributed by atoms with Gasteiger partial charge in [0, 0.05) is 17.8 Å². The molecule has 0 aliphatic rings. The molecule has 18 heavy (non-hydrogen) atoms. The first-order valence-corrected chi connectivity index (χ1v) is 6.60. The van der Waals surface area contributed by atoms with Crippen LogP contribution < -0.4 is 0 Å². The summed E-state index contributed by atoms with van der Waals surface area (Å²) in [7, 11) is 0. The Morgan fingerprint density at radius 1 is 1.44 bits per heavy atom. The van der Waals surface area contributed by atoms with Crippen molar-refractivity contribution >= 4 is 28.8 Å². The van der Waals surface area contributed by atoms with Crippen LogP contribution in [-0.4, -0.2) is 30.1 Å². The first-order valence-electron chi connectivity index (χ1n) is 5.40. The van der Waals surface area contributed by atoms with Crippen molar-refractivity contribution in [2.45, 2.75) is 25.9 Å². The fourth-order valence-electron chi connectivity index (χ4n) is 1.47. The summed E-state index contributed by atoms with van der Waals surface area (Å²) in [6, 6.07) is 3.49. The largest absolute Gasteiger partial charge is 0.406 e. The zero-order valence-corrected chi connectivity index (χ0v) is 11.3. The van der Waals surface area contributed by atoms with Crippen LogP contribution in [-0.2, 0) is 11.2 Å². The number of rotatable bonds is 5. The van der Waals surface area contributed by atoms with Crippen molar-refractivity contribution in [3.63, 3.8) is 0 Å². The zero-order valence-electron chi connectivity index (χ0n) is 9.76. The Morgan fingerprint density at radius 2 is 2.11 bits per heavy atom. The minimum absolute atomic E-state index is 0.0591. The minimum Gasteiger partial charge on any atom is -0.334 e. The van der Waals surface area contributed by atoms with Gasteiger partial charge in [-0.3, -0.25) is 4.79 Å². The van der Waals surface area contributed by atoms with Crippen LogP contribution in [0, 0.1) is 0 Å². The van der Waals surface area contributed by atoms with Crippen LogP contribution in [0.25, 0.3) is 0 Å². The number of carbonyl (C=O) groups excluding carboxylic acids is 1. The molecule has 0 spiro atoms. The summed E-state index contributed by atoms with van der Waals surface area (Å²) >= 11 is 7.06. The van der Waals surface area contributed by atoms with Crippen molar-refractivity contribution in [1.82, 2.24) is 4.90 Å².